The lowest BCUT2D eigenvalue weighted by Gasteiger charge is -2.26. The van der Waals surface area contributed by atoms with Crippen LogP contribution in [-0.4, -0.2) is 28.9 Å². The highest BCUT2D eigenvalue weighted by Gasteiger charge is 2.18. The van der Waals surface area contributed by atoms with Gasteiger partial charge in [0.05, 0.1) is 5.56 Å². The van der Waals surface area contributed by atoms with Crippen molar-refractivity contribution in [1.82, 2.24) is 4.90 Å². The number of fused-ring (bicyclic) bond motifs is 1. The second kappa shape index (κ2) is 5.93. The van der Waals surface area contributed by atoms with Gasteiger partial charge in [0.1, 0.15) is 16.9 Å². The molecule has 0 amide bonds. The molecule has 1 saturated heterocycles. The van der Waals surface area contributed by atoms with Crippen molar-refractivity contribution in [3.05, 3.63) is 39.7 Å². The number of nitrogens with zero attached hydrogens (tertiary/aromatic N) is 1. The zero-order valence-electron chi connectivity index (χ0n) is 12.6. The summed E-state index contributed by atoms with van der Waals surface area (Å²) in [7, 11) is 0. The van der Waals surface area contributed by atoms with Crippen LogP contribution in [-0.2, 0) is 6.54 Å². The summed E-state index contributed by atoms with van der Waals surface area (Å²) in [4.78, 5) is 25.7. The highest BCUT2D eigenvalue weighted by molar-refractivity contribution is 5.97. The maximum absolute atomic E-state index is 11.9. The second-order valence-corrected chi connectivity index (χ2v) is 5.82. The van der Waals surface area contributed by atoms with Gasteiger partial charge in [-0.05, 0) is 51.1 Å². The molecule has 5 nitrogen and oxygen atoms in total. The van der Waals surface area contributed by atoms with Gasteiger partial charge in [-0.3, -0.25) is 9.69 Å². The Morgan fingerprint density at radius 3 is 2.68 bits per heavy atom. The number of phenols is 1. The van der Waals surface area contributed by atoms with Gasteiger partial charge in [-0.25, -0.2) is 4.79 Å². The number of hydrogen-bond donors (Lipinski definition) is 1. The van der Waals surface area contributed by atoms with Crippen molar-refractivity contribution in [2.45, 2.75) is 32.7 Å². The fourth-order valence-electron chi connectivity index (χ4n) is 2.97. The Morgan fingerprint density at radius 1 is 1.27 bits per heavy atom. The number of carbonyl (C=O) groups excluding carboxylic acids is 1. The molecule has 0 radical (unpaired) electrons. The summed E-state index contributed by atoms with van der Waals surface area (Å²) in [5, 5.41) is 10.8. The predicted molar refractivity (Wildman–Crippen MR) is 83.3 cm³/mol. The minimum Gasteiger partial charge on any atom is -0.507 e. The maximum Gasteiger partial charge on any atom is 0.347 e. The van der Waals surface area contributed by atoms with E-state index in [1.807, 2.05) is 0 Å². The third-order valence-corrected chi connectivity index (χ3v) is 4.19. The Bertz CT molecular complexity index is 772. The minimum atomic E-state index is -0.648. The molecule has 1 aromatic carbocycles. The lowest BCUT2D eigenvalue weighted by atomic mass is 10.0. The zero-order valence-corrected chi connectivity index (χ0v) is 12.6. The molecule has 0 atom stereocenters. The van der Waals surface area contributed by atoms with E-state index < -0.39 is 5.63 Å². The normalized spacial score (nSPS) is 16.0. The van der Waals surface area contributed by atoms with Crippen LogP contribution in [0.4, 0.5) is 0 Å². The number of piperidine rings is 1. The Hall–Kier alpha value is -2.14. The molecule has 0 saturated carbocycles. The number of aromatic hydroxyl groups is 1. The van der Waals surface area contributed by atoms with Crippen molar-refractivity contribution in [3.8, 4) is 5.75 Å². The SMILES string of the molecule is CC(=O)c1cc2ccc(O)c(CN3CCCCC3)c2oc1=O. The number of carbonyl (C=O) groups is 1. The van der Waals surface area contributed by atoms with E-state index in [9.17, 15) is 14.7 Å². The molecule has 2 heterocycles. The lowest BCUT2D eigenvalue weighted by Crippen LogP contribution is -2.29. The molecule has 1 aliphatic heterocycles. The van der Waals surface area contributed by atoms with E-state index in [1.54, 1.807) is 18.2 Å². The Balaban J connectivity index is 2.08. The van der Waals surface area contributed by atoms with Gasteiger partial charge in [-0.15, -0.1) is 0 Å². The molecule has 0 bridgehead atoms. The first-order valence-corrected chi connectivity index (χ1v) is 7.58. The molecule has 1 N–H and O–H groups in total. The molecular weight excluding hydrogens is 282 g/mol. The Morgan fingerprint density at radius 2 is 2.00 bits per heavy atom. The standard InChI is InChI=1S/C17H19NO4/c1-11(19)13-9-12-5-6-15(20)14(16(12)22-17(13)21)10-18-7-3-2-4-8-18/h5-6,9,20H,2-4,7-8,10H2,1H3. The minimum absolute atomic E-state index is 0.0436. The number of ketones is 1. The van der Waals surface area contributed by atoms with Crippen LogP contribution in [0.1, 0.15) is 42.1 Å². The zero-order chi connectivity index (χ0) is 15.7. The molecule has 1 aliphatic rings. The topological polar surface area (TPSA) is 70.8 Å². The second-order valence-electron chi connectivity index (χ2n) is 5.82. The van der Waals surface area contributed by atoms with Crippen LogP contribution >= 0.6 is 0 Å². The highest BCUT2D eigenvalue weighted by atomic mass is 16.4. The van der Waals surface area contributed by atoms with Crippen molar-refractivity contribution >= 4 is 16.8 Å². The van der Waals surface area contributed by atoms with Crippen LogP contribution in [0.25, 0.3) is 11.0 Å². The Labute approximate surface area is 128 Å². The van der Waals surface area contributed by atoms with E-state index in [-0.39, 0.29) is 17.1 Å². The maximum atomic E-state index is 11.9. The summed E-state index contributed by atoms with van der Waals surface area (Å²) in [5.74, 6) is -0.196. The third-order valence-electron chi connectivity index (χ3n) is 4.19. The molecule has 1 fully saturated rings. The van der Waals surface area contributed by atoms with Crippen molar-refractivity contribution < 1.29 is 14.3 Å². The average Bonchev–Trinajstić information content (AvgIpc) is 2.51. The van der Waals surface area contributed by atoms with Crippen LogP contribution in [0.3, 0.4) is 0 Å². The quantitative estimate of drug-likeness (QED) is 0.697. The molecule has 2 aromatic rings. The number of hydrogen-bond acceptors (Lipinski definition) is 5. The molecule has 0 spiro atoms. The van der Waals surface area contributed by atoms with Crippen LogP contribution in [0, 0.1) is 0 Å². The number of rotatable bonds is 3. The van der Waals surface area contributed by atoms with E-state index in [1.165, 1.54) is 13.3 Å². The summed E-state index contributed by atoms with van der Waals surface area (Å²) in [5.41, 5.74) is 0.389. The Kier molecular flexibility index (Phi) is 3.98. The molecule has 116 valence electrons. The fraction of sp³-hybridized carbons (Fsp3) is 0.412. The lowest BCUT2D eigenvalue weighted by molar-refractivity contribution is 0.101. The summed E-state index contributed by atoms with van der Waals surface area (Å²) in [6, 6.07) is 4.80. The van der Waals surface area contributed by atoms with Crippen molar-refractivity contribution in [2.75, 3.05) is 13.1 Å². The monoisotopic (exact) mass is 301 g/mol. The average molecular weight is 301 g/mol. The van der Waals surface area contributed by atoms with Gasteiger partial charge in [0.25, 0.3) is 0 Å². The van der Waals surface area contributed by atoms with Crippen molar-refractivity contribution in [1.29, 1.82) is 0 Å². The summed E-state index contributed by atoms with van der Waals surface area (Å²) in [6.07, 6.45) is 3.52. The number of benzene rings is 1. The molecule has 0 unspecified atom stereocenters. The van der Waals surface area contributed by atoms with Crippen LogP contribution in [0.5, 0.6) is 5.75 Å². The third kappa shape index (κ3) is 2.76. The van der Waals surface area contributed by atoms with Gasteiger partial charge in [0, 0.05) is 11.9 Å². The van der Waals surface area contributed by atoms with Crippen LogP contribution < -0.4 is 5.63 Å². The molecule has 3 rings (SSSR count). The van der Waals surface area contributed by atoms with Crippen molar-refractivity contribution in [2.24, 2.45) is 0 Å². The van der Waals surface area contributed by atoms with Crippen LogP contribution in [0.2, 0.25) is 0 Å². The molecular formula is C17H19NO4. The van der Waals surface area contributed by atoms with E-state index in [2.05, 4.69) is 4.90 Å². The predicted octanol–water partition coefficient (Wildman–Crippen LogP) is 2.69. The van der Waals surface area contributed by atoms with E-state index in [0.717, 1.165) is 25.9 Å². The number of phenolic OH excluding ortho intramolecular Hbond substituents is 1. The summed E-state index contributed by atoms with van der Waals surface area (Å²) < 4.78 is 5.34. The largest absolute Gasteiger partial charge is 0.507 e. The summed E-state index contributed by atoms with van der Waals surface area (Å²) in [6.45, 7) is 3.84. The first-order valence-electron chi connectivity index (χ1n) is 7.58. The van der Waals surface area contributed by atoms with E-state index in [4.69, 9.17) is 4.42 Å². The number of Topliss-reactive ketones (excluding diaryl/α,β-unsaturated/α-hetero) is 1. The molecule has 0 aliphatic carbocycles. The van der Waals surface area contributed by atoms with Crippen molar-refractivity contribution in [3.63, 3.8) is 0 Å². The summed E-state index contributed by atoms with van der Waals surface area (Å²) >= 11 is 0. The first kappa shape index (κ1) is 14.8. The highest BCUT2D eigenvalue weighted by Crippen LogP contribution is 2.29. The molecule has 22 heavy (non-hydrogen) atoms. The number of likely N-dealkylation sites (tertiary alicyclic amines) is 1. The van der Waals surface area contributed by atoms with E-state index >= 15 is 0 Å². The van der Waals surface area contributed by atoms with Gasteiger partial charge in [0.2, 0.25) is 0 Å². The van der Waals surface area contributed by atoms with E-state index in [0.29, 0.717) is 23.1 Å². The van der Waals surface area contributed by atoms with Gasteiger partial charge in [-0.2, -0.15) is 0 Å². The van der Waals surface area contributed by atoms with Gasteiger partial charge >= 0.3 is 5.63 Å². The fourth-order valence-corrected chi connectivity index (χ4v) is 2.97. The van der Waals surface area contributed by atoms with Gasteiger partial charge < -0.3 is 9.52 Å². The van der Waals surface area contributed by atoms with Gasteiger partial charge in [-0.1, -0.05) is 6.42 Å². The first-order chi connectivity index (χ1) is 10.6. The van der Waals surface area contributed by atoms with Gasteiger partial charge in [0.15, 0.2) is 5.78 Å². The van der Waals surface area contributed by atoms with Crippen LogP contribution in [0.15, 0.2) is 27.4 Å². The smallest absolute Gasteiger partial charge is 0.347 e. The molecule has 5 heteroatoms. The molecule has 1 aromatic heterocycles.